The summed E-state index contributed by atoms with van der Waals surface area (Å²) in [4.78, 5) is 33.1. The summed E-state index contributed by atoms with van der Waals surface area (Å²) in [6, 6.07) is 28.8. The van der Waals surface area contributed by atoms with Gasteiger partial charge in [-0.3, -0.25) is 4.79 Å². The number of allylic oxidation sites excluding steroid dienone is 1. The fourth-order valence-electron chi connectivity index (χ4n) is 4.41. The Balaban J connectivity index is 1.38. The van der Waals surface area contributed by atoms with Crippen LogP contribution in [0.1, 0.15) is 36.1 Å². The molecule has 37 heavy (non-hydrogen) atoms. The fraction of sp³-hybridized carbons (Fsp3) is 0.167. The maximum Gasteiger partial charge on any atom is 0.338 e. The Kier molecular flexibility index (Phi) is 7.51. The monoisotopic (exact) mass is 509 g/mol. The van der Waals surface area contributed by atoms with Gasteiger partial charge in [-0.05, 0) is 29.0 Å². The van der Waals surface area contributed by atoms with E-state index in [-0.39, 0.29) is 18.9 Å². The number of amides is 1. The summed E-state index contributed by atoms with van der Waals surface area (Å²) in [6.07, 6.45) is 0.174. The van der Waals surface area contributed by atoms with Crippen LogP contribution in [0.25, 0.3) is 0 Å². The molecule has 5 rings (SSSR count). The van der Waals surface area contributed by atoms with Gasteiger partial charge in [0.25, 0.3) is 0 Å². The van der Waals surface area contributed by atoms with Crippen molar-refractivity contribution in [2.24, 2.45) is 4.99 Å². The van der Waals surface area contributed by atoms with E-state index in [1.54, 1.807) is 0 Å². The molecule has 1 unspecified atom stereocenters. The van der Waals surface area contributed by atoms with Crippen molar-refractivity contribution in [3.63, 3.8) is 0 Å². The van der Waals surface area contributed by atoms with Crippen LogP contribution < -0.4 is 5.32 Å². The van der Waals surface area contributed by atoms with Crippen LogP contribution in [0.5, 0.6) is 0 Å². The Morgan fingerprint density at radius 1 is 0.919 bits per heavy atom. The SMILES string of the molecule is CC1=C(C(=O)OCc2ccccc2)C(c2ccccc2)N2C(CC(=O)NCc3ccccc3)=CSC2=N1. The smallest absolute Gasteiger partial charge is 0.338 e. The molecule has 3 aromatic carbocycles. The highest BCUT2D eigenvalue weighted by molar-refractivity contribution is 8.16. The summed E-state index contributed by atoms with van der Waals surface area (Å²) in [7, 11) is 0. The molecule has 0 saturated carbocycles. The number of amidine groups is 1. The number of ether oxygens (including phenoxy) is 1. The van der Waals surface area contributed by atoms with Crippen LogP contribution in [0.4, 0.5) is 0 Å². The van der Waals surface area contributed by atoms with Crippen LogP contribution in [-0.4, -0.2) is 21.9 Å². The number of carbonyl (C=O) groups excluding carboxylic acids is 2. The lowest BCUT2D eigenvalue weighted by molar-refractivity contribution is -0.141. The first-order chi connectivity index (χ1) is 18.1. The van der Waals surface area contributed by atoms with E-state index in [0.29, 0.717) is 17.8 Å². The number of hydrogen-bond donors (Lipinski definition) is 1. The normalized spacial score (nSPS) is 16.6. The molecule has 7 heteroatoms. The van der Waals surface area contributed by atoms with Crippen molar-refractivity contribution in [3.05, 3.63) is 130 Å². The lowest BCUT2D eigenvalue weighted by Crippen LogP contribution is -2.38. The van der Waals surface area contributed by atoms with Crippen LogP contribution in [-0.2, 0) is 27.5 Å². The number of esters is 1. The van der Waals surface area contributed by atoms with Crippen LogP contribution in [0.2, 0.25) is 0 Å². The minimum absolute atomic E-state index is 0.0942. The summed E-state index contributed by atoms with van der Waals surface area (Å²) in [5, 5.41) is 5.69. The molecule has 1 atom stereocenters. The third kappa shape index (κ3) is 5.67. The Hall–Kier alpha value is -4.10. The highest BCUT2D eigenvalue weighted by Crippen LogP contribution is 2.44. The van der Waals surface area contributed by atoms with E-state index in [1.807, 2.05) is 108 Å². The first kappa shape index (κ1) is 24.6. The van der Waals surface area contributed by atoms with Gasteiger partial charge in [-0.15, -0.1) is 0 Å². The van der Waals surface area contributed by atoms with Gasteiger partial charge in [0.1, 0.15) is 6.61 Å². The minimum atomic E-state index is -0.444. The number of hydrogen-bond acceptors (Lipinski definition) is 6. The predicted octanol–water partition coefficient (Wildman–Crippen LogP) is 5.71. The number of benzene rings is 3. The highest BCUT2D eigenvalue weighted by atomic mass is 32.2. The van der Waals surface area contributed by atoms with E-state index in [0.717, 1.165) is 27.6 Å². The van der Waals surface area contributed by atoms with E-state index >= 15 is 0 Å². The van der Waals surface area contributed by atoms with Gasteiger partial charge in [-0.1, -0.05) is 103 Å². The molecule has 186 valence electrons. The quantitative estimate of drug-likeness (QED) is 0.394. The average Bonchev–Trinajstić information content (AvgIpc) is 3.33. The van der Waals surface area contributed by atoms with Crippen molar-refractivity contribution in [3.8, 4) is 0 Å². The van der Waals surface area contributed by atoms with E-state index < -0.39 is 12.0 Å². The Labute approximate surface area is 220 Å². The molecule has 0 aromatic heterocycles. The second kappa shape index (κ2) is 11.3. The molecule has 2 aliphatic rings. The molecule has 6 nitrogen and oxygen atoms in total. The number of thioether (sulfide) groups is 1. The van der Waals surface area contributed by atoms with Gasteiger partial charge in [0, 0.05) is 12.2 Å². The van der Waals surface area contributed by atoms with Crippen LogP contribution in [0.3, 0.4) is 0 Å². The number of carbonyl (C=O) groups is 2. The van der Waals surface area contributed by atoms with Gasteiger partial charge >= 0.3 is 5.97 Å². The van der Waals surface area contributed by atoms with Gasteiger partial charge in [0.2, 0.25) is 5.91 Å². The maximum atomic E-state index is 13.5. The molecular weight excluding hydrogens is 482 g/mol. The standard InChI is InChI=1S/C30H27N3O3S/c1-21-27(29(35)36-19-23-13-7-3-8-14-23)28(24-15-9-4-10-16-24)33-25(20-37-30(33)32-21)17-26(34)31-18-22-11-5-2-6-12-22/h2-16,20,28H,17-19H2,1H3,(H,31,34). The number of rotatable bonds is 8. The third-order valence-electron chi connectivity index (χ3n) is 6.22. The maximum absolute atomic E-state index is 13.5. The second-order valence-electron chi connectivity index (χ2n) is 8.80. The number of fused-ring (bicyclic) bond motifs is 1. The molecule has 1 N–H and O–H groups in total. The van der Waals surface area contributed by atoms with E-state index in [2.05, 4.69) is 5.32 Å². The van der Waals surface area contributed by atoms with Crippen molar-refractivity contribution in [1.82, 2.24) is 10.2 Å². The van der Waals surface area contributed by atoms with Crippen molar-refractivity contribution >= 4 is 28.8 Å². The molecule has 0 bridgehead atoms. The molecule has 0 fully saturated rings. The van der Waals surface area contributed by atoms with Crippen molar-refractivity contribution < 1.29 is 14.3 Å². The molecule has 2 heterocycles. The lowest BCUT2D eigenvalue weighted by Gasteiger charge is -2.36. The molecule has 0 aliphatic carbocycles. The molecule has 2 aliphatic heterocycles. The van der Waals surface area contributed by atoms with Crippen molar-refractivity contribution in [2.45, 2.75) is 32.5 Å². The summed E-state index contributed by atoms with van der Waals surface area (Å²) in [5.41, 5.74) is 4.77. The Bertz CT molecular complexity index is 1370. The van der Waals surface area contributed by atoms with Crippen molar-refractivity contribution in [1.29, 1.82) is 0 Å². The fourth-order valence-corrected chi connectivity index (χ4v) is 5.37. The summed E-state index contributed by atoms with van der Waals surface area (Å²) in [5.74, 6) is -0.508. The van der Waals surface area contributed by atoms with E-state index in [9.17, 15) is 9.59 Å². The van der Waals surface area contributed by atoms with Gasteiger partial charge in [-0.25, -0.2) is 9.79 Å². The number of nitrogens with one attached hydrogen (secondary N) is 1. The van der Waals surface area contributed by atoms with Crippen LogP contribution in [0.15, 0.2) is 118 Å². The average molecular weight is 510 g/mol. The van der Waals surface area contributed by atoms with Crippen LogP contribution in [0, 0.1) is 0 Å². The predicted molar refractivity (Wildman–Crippen MR) is 146 cm³/mol. The summed E-state index contributed by atoms with van der Waals surface area (Å²) < 4.78 is 5.74. The molecular formula is C30H27N3O3S. The molecule has 3 aromatic rings. The molecule has 0 saturated heterocycles. The van der Waals surface area contributed by atoms with Gasteiger partial charge in [0.15, 0.2) is 5.17 Å². The largest absolute Gasteiger partial charge is 0.457 e. The molecule has 1 amide bonds. The Morgan fingerprint density at radius 2 is 1.54 bits per heavy atom. The van der Waals surface area contributed by atoms with Gasteiger partial charge in [-0.2, -0.15) is 0 Å². The molecule has 0 radical (unpaired) electrons. The third-order valence-corrected chi connectivity index (χ3v) is 7.11. The van der Waals surface area contributed by atoms with E-state index in [4.69, 9.17) is 9.73 Å². The topological polar surface area (TPSA) is 71.0 Å². The zero-order valence-corrected chi connectivity index (χ0v) is 21.3. The first-order valence-corrected chi connectivity index (χ1v) is 13.0. The Morgan fingerprint density at radius 3 is 2.22 bits per heavy atom. The highest BCUT2D eigenvalue weighted by Gasteiger charge is 2.41. The second-order valence-corrected chi connectivity index (χ2v) is 9.64. The summed E-state index contributed by atoms with van der Waals surface area (Å²) >= 11 is 1.46. The number of nitrogens with zero attached hydrogens (tertiary/aromatic N) is 2. The summed E-state index contributed by atoms with van der Waals surface area (Å²) in [6.45, 7) is 2.47. The lowest BCUT2D eigenvalue weighted by atomic mass is 9.94. The minimum Gasteiger partial charge on any atom is -0.457 e. The number of aliphatic imine (C=N–C) groups is 1. The molecule has 0 spiro atoms. The zero-order valence-electron chi connectivity index (χ0n) is 20.5. The van der Waals surface area contributed by atoms with Crippen LogP contribution >= 0.6 is 11.8 Å². The van der Waals surface area contributed by atoms with Gasteiger partial charge < -0.3 is 15.0 Å². The van der Waals surface area contributed by atoms with Crippen molar-refractivity contribution in [2.75, 3.05) is 0 Å². The first-order valence-electron chi connectivity index (χ1n) is 12.1. The van der Waals surface area contributed by atoms with Gasteiger partial charge in [0.05, 0.1) is 23.7 Å². The van der Waals surface area contributed by atoms with E-state index in [1.165, 1.54) is 11.8 Å². The zero-order chi connectivity index (χ0) is 25.6.